The fourth-order valence-electron chi connectivity index (χ4n) is 5.65. The van der Waals surface area contributed by atoms with Gasteiger partial charge in [0.15, 0.2) is 0 Å². The first-order valence-corrected chi connectivity index (χ1v) is 14.9. The molecule has 3 aromatic heterocycles. The molecule has 1 radical (unpaired) electrons. The summed E-state index contributed by atoms with van der Waals surface area (Å²) in [7, 11) is 2.74. The first-order chi connectivity index (χ1) is 21.5. The molecule has 0 aliphatic carbocycles. The van der Waals surface area contributed by atoms with Crippen LogP contribution in [-0.2, 0) is 47.3 Å². The quantitative estimate of drug-likeness (QED) is 0.114. The third-order valence-corrected chi connectivity index (χ3v) is 8.53. The van der Waals surface area contributed by atoms with E-state index in [1.165, 1.54) is 20.3 Å². The van der Waals surface area contributed by atoms with Gasteiger partial charge in [0.2, 0.25) is 0 Å². The molecular formula is C35H33ClCuN4O5. The van der Waals surface area contributed by atoms with Gasteiger partial charge in [-0.2, -0.15) is 0 Å². The topological polar surface area (TPSA) is 124 Å². The summed E-state index contributed by atoms with van der Waals surface area (Å²) >= 11 is 6.62. The van der Waals surface area contributed by atoms with E-state index in [0.717, 1.165) is 50.1 Å². The summed E-state index contributed by atoms with van der Waals surface area (Å²) in [4.78, 5) is 55.4. The maximum absolute atomic E-state index is 12.2. The molecule has 0 fully saturated rings. The minimum atomic E-state index is -0.332. The maximum Gasteiger partial charge on any atom is 2.00 e. The van der Waals surface area contributed by atoms with Crippen molar-refractivity contribution in [2.24, 2.45) is 0 Å². The number of carbonyl (C=O) groups excluding carboxylic acids is 3. The second-order valence-corrected chi connectivity index (χ2v) is 11.4. The van der Waals surface area contributed by atoms with Gasteiger partial charge in [-0.15, -0.1) is 22.1 Å². The van der Waals surface area contributed by atoms with Gasteiger partial charge in [-0.05, 0) is 63.3 Å². The molecule has 11 heteroatoms. The van der Waals surface area contributed by atoms with Crippen LogP contribution in [0.15, 0.2) is 41.4 Å². The monoisotopic (exact) mass is 687 g/mol. The molecule has 241 valence electrons. The summed E-state index contributed by atoms with van der Waals surface area (Å²) in [6, 6.07) is 9.56. The number of aldehydes is 1. The predicted molar refractivity (Wildman–Crippen MR) is 175 cm³/mol. The molecule has 0 amide bonds. The molecule has 5 rings (SSSR count). The smallest absolute Gasteiger partial charge is 0.658 e. The van der Waals surface area contributed by atoms with Crippen molar-refractivity contribution in [3.05, 3.63) is 80.9 Å². The van der Waals surface area contributed by atoms with Crippen molar-refractivity contribution in [2.75, 3.05) is 14.2 Å². The van der Waals surface area contributed by atoms with E-state index in [4.69, 9.17) is 41.0 Å². The Morgan fingerprint density at radius 1 is 0.783 bits per heavy atom. The number of hydrogen-bond acceptors (Lipinski definition) is 7. The second kappa shape index (κ2) is 14.5. The number of allylic oxidation sites excluding steroid dienone is 6. The van der Waals surface area contributed by atoms with Crippen LogP contribution in [0.5, 0.6) is 0 Å². The Bertz CT molecular complexity index is 2000. The average molecular weight is 689 g/mol. The summed E-state index contributed by atoms with van der Waals surface area (Å²) in [6.07, 6.45) is 3.13. The number of nitrogens with zero attached hydrogens (tertiary/aromatic N) is 4. The van der Waals surface area contributed by atoms with E-state index in [9.17, 15) is 14.4 Å². The number of hydrogen-bond donors (Lipinski definition) is 0. The van der Waals surface area contributed by atoms with Gasteiger partial charge in [0, 0.05) is 18.4 Å². The van der Waals surface area contributed by atoms with Gasteiger partial charge in [0.1, 0.15) is 6.29 Å². The first kappa shape index (κ1) is 34.6. The van der Waals surface area contributed by atoms with E-state index in [1.807, 2.05) is 58.0 Å². The zero-order valence-electron chi connectivity index (χ0n) is 26.4. The van der Waals surface area contributed by atoms with Crippen LogP contribution < -0.4 is 9.97 Å². The molecule has 0 atom stereocenters. The molecule has 0 saturated heterocycles. The number of rotatable bonds is 8. The number of ether oxygens (including phenoxy) is 2. The minimum absolute atomic E-state index is 0. The molecule has 2 aliphatic heterocycles. The van der Waals surface area contributed by atoms with Gasteiger partial charge in [-0.1, -0.05) is 58.6 Å². The van der Waals surface area contributed by atoms with Crippen LogP contribution in [0, 0.1) is 13.8 Å². The number of aromatic nitrogens is 4. The van der Waals surface area contributed by atoms with Crippen molar-refractivity contribution in [1.82, 2.24) is 19.9 Å². The van der Waals surface area contributed by atoms with Gasteiger partial charge >= 0.3 is 29.0 Å². The Kier molecular flexibility index (Phi) is 10.9. The summed E-state index contributed by atoms with van der Waals surface area (Å²) in [5, 5.41) is 0.264. The third kappa shape index (κ3) is 6.94. The van der Waals surface area contributed by atoms with Crippen LogP contribution >= 0.6 is 11.6 Å². The van der Waals surface area contributed by atoms with Crippen LogP contribution in [0.25, 0.3) is 44.4 Å². The summed E-state index contributed by atoms with van der Waals surface area (Å²) in [5.74, 6) is -0.645. The summed E-state index contributed by atoms with van der Waals surface area (Å²) in [6.45, 7) is 7.82. The van der Waals surface area contributed by atoms with Crippen LogP contribution in [0.4, 0.5) is 0 Å². The SMILES string of the molecule is COC(=O)CCC1=C(C)c2cc3[n-]c(cc4nc(cc5[n-]c(cc1n2)c(CCC(=O)OC)c5C)C(/C(Cl)=C\C=O)=C4C)cc3C.[Cu+2]. The molecule has 8 bridgehead atoms. The van der Waals surface area contributed by atoms with Crippen LogP contribution in [0.1, 0.15) is 72.6 Å². The van der Waals surface area contributed by atoms with Gasteiger partial charge in [0.05, 0.1) is 42.0 Å². The van der Waals surface area contributed by atoms with Crippen molar-refractivity contribution < 1.29 is 40.9 Å². The molecule has 46 heavy (non-hydrogen) atoms. The van der Waals surface area contributed by atoms with Crippen molar-refractivity contribution in [3.63, 3.8) is 0 Å². The molecule has 0 saturated carbocycles. The standard InChI is InChI=1S/C35H34ClN4O5.Cu/c1-18-13-22-14-27-21(4)35(25(36)11-12-41)32(40-27)16-29-20(3)24(8-10-34(43)45-6)31(39-29)17-30-23(7-9-33(42)44-5)19(2)28(38-30)15-26(18)37-22;/h11-17H,7-10H2,1-6H3,(H-,37,38,39,40,41);/q-1;+2/p-1. The Balaban J connectivity index is 0.00000480. The maximum atomic E-state index is 12.2. The molecule has 0 unspecified atom stereocenters. The largest absolute Gasteiger partial charge is 2.00 e. The first-order valence-electron chi connectivity index (χ1n) is 14.5. The zero-order valence-corrected chi connectivity index (χ0v) is 28.1. The van der Waals surface area contributed by atoms with Crippen molar-refractivity contribution in [2.45, 2.75) is 53.4 Å². The van der Waals surface area contributed by atoms with Crippen LogP contribution in [0.3, 0.4) is 0 Å². The normalized spacial score (nSPS) is 13.1. The van der Waals surface area contributed by atoms with Gasteiger partial charge < -0.3 is 19.4 Å². The Morgan fingerprint density at radius 3 is 2.07 bits per heavy atom. The Hall–Kier alpha value is -4.24. The van der Waals surface area contributed by atoms with E-state index in [2.05, 4.69) is 0 Å². The van der Waals surface area contributed by atoms with Gasteiger partial charge in [-0.3, -0.25) is 14.4 Å². The summed E-state index contributed by atoms with van der Waals surface area (Å²) in [5.41, 5.74) is 11.4. The summed E-state index contributed by atoms with van der Waals surface area (Å²) < 4.78 is 9.83. The van der Waals surface area contributed by atoms with Crippen LogP contribution in [0.2, 0.25) is 0 Å². The van der Waals surface area contributed by atoms with E-state index in [1.54, 1.807) is 0 Å². The molecule has 0 aromatic carbocycles. The molecular weight excluding hydrogens is 655 g/mol. The zero-order chi connectivity index (χ0) is 32.4. The number of carbonyl (C=O) groups is 3. The Morgan fingerprint density at radius 2 is 1.39 bits per heavy atom. The fraction of sp³-hybridized carbons (Fsp3) is 0.286. The number of aryl methyl sites for hydroxylation is 3. The molecule has 3 aromatic rings. The van der Waals surface area contributed by atoms with E-state index < -0.39 is 0 Å². The van der Waals surface area contributed by atoms with Gasteiger partial charge in [-0.25, -0.2) is 9.97 Å². The van der Waals surface area contributed by atoms with E-state index in [0.29, 0.717) is 52.8 Å². The van der Waals surface area contributed by atoms with E-state index in [-0.39, 0.29) is 46.9 Å². The second-order valence-electron chi connectivity index (χ2n) is 11.0. The number of halogens is 1. The van der Waals surface area contributed by atoms with Crippen molar-refractivity contribution in [3.8, 4) is 0 Å². The van der Waals surface area contributed by atoms with Gasteiger partial charge in [0.25, 0.3) is 0 Å². The third-order valence-electron chi connectivity index (χ3n) is 8.22. The Labute approximate surface area is 282 Å². The predicted octanol–water partition coefficient (Wildman–Crippen LogP) is 6.43. The van der Waals surface area contributed by atoms with Crippen LogP contribution in [-0.4, -0.2) is 42.4 Å². The molecule has 9 nitrogen and oxygen atoms in total. The molecule has 0 N–H and O–H groups in total. The van der Waals surface area contributed by atoms with Crippen molar-refractivity contribution >= 4 is 74.2 Å². The molecule has 0 spiro atoms. The average Bonchev–Trinajstić information content (AvgIpc) is 3.69. The number of methoxy groups -OCH3 is 2. The minimum Gasteiger partial charge on any atom is -0.658 e. The van der Waals surface area contributed by atoms with Crippen molar-refractivity contribution in [1.29, 1.82) is 0 Å². The number of fused-ring (bicyclic) bond motifs is 8. The van der Waals surface area contributed by atoms with E-state index >= 15 is 0 Å². The number of esters is 2. The molecule has 2 aliphatic rings. The fourth-order valence-corrected chi connectivity index (χ4v) is 5.94. The molecule has 5 heterocycles.